The van der Waals surface area contributed by atoms with Gasteiger partial charge in [-0.2, -0.15) is 0 Å². The Bertz CT molecular complexity index is 803. The highest BCUT2D eigenvalue weighted by molar-refractivity contribution is 6.27. The van der Waals surface area contributed by atoms with Crippen molar-refractivity contribution in [2.45, 2.75) is 12.0 Å². The molecule has 116 valence electrons. The zero-order valence-electron chi connectivity index (χ0n) is 12.4. The maximum Gasteiger partial charge on any atom is 0.364 e. The quantitative estimate of drug-likeness (QED) is 0.494. The van der Waals surface area contributed by atoms with Crippen molar-refractivity contribution in [1.29, 1.82) is 0 Å². The Morgan fingerprint density at radius 3 is 2.30 bits per heavy atom. The molecule has 6 heteroatoms. The summed E-state index contributed by atoms with van der Waals surface area (Å²) < 4.78 is 0. The molecule has 0 fully saturated rings. The van der Waals surface area contributed by atoms with E-state index in [1.165, 1.54) is 18.0 Å². The van der Waals surface area contributed by atoms with Crippen LogP contribution in [-0.4, -0.2) is 29.2 Å². The second kappa shape index (κ2) is 5.31. The van der Waals surface area contributed by atoms with Crippen LogP contribution in [0.4, 0.5) is 5.69 Å². The molecule has 1 aliphatic rings. The number of para-hydroxylation sites is 1. The van der Waals surface area contributed by atoms with E-state index in [1.807, 2.05) is 0 Å². The summed E-state index contributed by atoms with van der Waals surface area (Å²) in [6.45, 7) is 0. The summed E-state index contributed by atoms with van der Waals surface area (Å²) in [5.41, 5.74) is -1.15. The van der Waals surface area contributed by atoms with Gasteiger partial charge >= 0.3 is 11.4 Å². The number of ketones is 1. The fraction of sp³-hybridized carbons (Fsp3) is 0.176. The predicted molar refractivity (Wildman–Crippen MR) is 84.1 cm³/mol. The lowest BCUT2D eigenvalue weighted by atomic mass is 9.79. The molecule has 1 atom stereocenters. The van der Waals surface area contributed by atoms with E-state index in [1.54, 1.807) is 48.5 Å². The molecule has 0 N–H and O–H groups in total. The minimum Gasteiger partial charge on any atom is -0.308 e. The number of hydrogen-bond donors (Lipinski definition) is 0. The molecular formula is C17H14N2O4. The average Bonchev–Trinajstić information content (AvgIpc) is 2.57. The van der Waals surface area contributed by atoms with Crippen LogP contribution in [0, 0.1) is 10.1 Å². The third-order valence-corrected chi connectivity index (χ3v) is 4.16. The molecule has 6 nitrogen and oxygen atoms in total. The zero-order valence-corrected chi connectivity index (χ0v) is 12.4. The Kier molecular flexibility index (Phi) is 3.44. The largest absolute Gasteiger partial charge is 0.364 e. The number of carbonyl (C=O) groups is 2. The van der Waals surface area contributed by atoms with Gasteiger partial charge in [-0.3, -0.25) is 19.7 Å². The summed E-state index contributed by atoms with van der Waals surface area (Å²) in [7, 11) is 1.46. The molecule has 23 heavy (non-hydrogen) atoms. The summed E-state index contributed by atoms with van der Waals surface area (Å²) >= 11 is 0. The van der Waals surface area contributed by atoms with Crippen molar-refractivity contribution in [3.05, 3.63) is 75.8 Å². The number of likely N-dealkylation sites (N-methyl/N-ethyl adjacent to an activating group) is 1. The number of Topliss-reactive ketones (excluding diaryl/α,β-unsaturated/α-hetero) is 1. The maximum absolute atomic E-state index is 12.9. The Balaban J connectivity index is 2.19. The van der Waals surface area contributed by atoms with Crippen LogP contribution in [-0.2, 0) is 11.2 Å². The van der Waals surface area contributed by atoms with E-state index in [9.17, 15) is 19.7 Å². The summed E-state index contributed by atoms with van der Waals surface area (Å²) in [5.74, 6) is -1.57. The normalized spacial score (nSPS) is 20.3. The van der Waals surface area contributed by atoms with E-state index in [2.05, 4.69) is 0 Å². The fourth-order valence-electron chi connectivity index (χ4n) is 2.94. The molecule has 1 aliphatic heterocycles. The summed E-state index contributed by atoms with van der Waals surface area (Å²) in [6.07, 6.45) is -0.267. The van der Waals surface area contributed by atoms with Gasteiger partial charge in [-0.15, -0.1) is 0 Å². The topological polar surface area (TPSA) is 80.5 Å². The summed E-state index contributed by atoms with van der Waals surface area (Å²) in [5, 5.41) is 11.8. The number of rotatable bonds is 3. The van der Waals surface area contributed by atoms with Gasteiger partial charge < -0.3 is 4.90 Å². The summed E-state index contributed by atoms with van der Waals surface area (Å²) in [6, 6.07) is 15.0. The van der Waals surface area contributed by atoms with Crippen molar-refractivity contribution in [1.82, 2.24) is 0 Å². The number of carbonyl (C=O) groups excluding carboxylic acids is 2. The number of hydrogen-bond acceptors (Lipinski definition) is 4. The fourth-order valence-corrected chi connectivity index (χ4v) is 2.94. The monoisotopic (exact) mass is 310 g/mol. The first-order valence-corrected chi connectivity index (χ1v) is 7.09. The van der Waals surface area contributed by atoms with Crippen LogP contribution in [0.5, 0.6) is 0 Å². The van der Waals surface area contributed by atoms with Gasteiger partial charge in [-0.05, 0) is 17.7 Å². The lowest BCUT2D eigenvalue weighted by molar-refractivity contribution is -0.532. The SMILES string of the molecule is CN1C(=O)[C@@](Cc2ccccc2)([N+](=O)[O-])C(=O)c2ccccc21. The first kappa shape index (κ1) is 14.9. The van der Waals surface area contributed by atoms with Crippen molar-refractivity contribution in [3.63, 3.8) is 0 Å². The Hall–Kier alpha value is -3.02. The minimum absolute atomic E-state index is 0.197. The van der Waals surface area contributed by atoms with Gasteiger partial charge in [0.15, 0.2) is 0 Å². The summed E-state index contributed by atoms with van der Waals surface area (Å²) in [4.78, 5) is 37.8. The van der Waals surface area contributed by atoms with E-state index in [4.69, 9.17) is 0 Å². The van der Waals surface area contributed by atoms with Crippen LogP contribution in [0.2, 0.25) is 0 Å². The van der Waals surface area contributed by atoms with E-state index in [-0.39, 0.29) is 12.0 Å². The molecule has 2 aromatic carbocycles. The highest BCUT2D eigenvalue weighted by Gasteiger charge is 2.62. The van der Waals surface area contributed by atoms with Crippen LogP contribution >= 0.6 is 0 Å². The number of nitro groups is 1. The third kappa shape index (κ3) is 2.11. The Morgan fingerprint density at radius 2 is 1.65 bits per heavy atom. The van der Waals surface area contributed by atoms with Crippen LogP contribution in [0.1, 0.15) is 15.9 Å². The molecule has 0 radical (unpaired) electrons. The predicted octanol–water partition coefficient (Wildman–Crippen LogP) is 2.10. The lowest BCUT2D eigenvalue weighted by Gasteiger charge is -2.33. The Morgan fingerprint density at radius 1 is 1.04 bits per heavy atom. The highest BCUT2D eigenvalue weighted by atomic mass is 16.6. The minimum atomic E-state index is -2.32. The van der Waals surface area contributed by atoms with Crippen molar-refractivity contribution < 1.29 is 14.5 Å². The van der Waals surface area contributed by atoms with Crippen molar-refractivity contribution in [3.8, 4) is 0 Å². The van der Waals surface area contributed by atoms with Gasteiger partial charge in [-0.25, -0.2) is 0 Å². The first-order valence-electron chi connectivity index (χ1n) is 7.09. The number of benzene rings is 2. The molecule has 0 aromatic heterocycles. The maximum atomic E-state index is 12.9. The molecule has 1 heterocycles. The first-order chi connectivity index (χ1) is 11.0. The van der Waals surface area contributed by atoms with Crippen LogP contribution < -0.4 is 4.90 Å². The van der Waals surface area contributed by atoms with E-state index in [0.29, 0.717) is 11.3 Å². The van der Waals surface area contributed by atoms with Gasteiger partial charge in [0.25, 0.3) is 5.78 Å². The molecule has 0 saturated heterocycles. The van der Waals surface area contributed by atoms with E-state index in [0.717, 1.165) is 0 Å². The van der Waals surface area contributed by atoms with Gasteiger partial charge in [0.05, 0.1) is 12.1 Å². The number of anilines is 1. The Labute approximate surface area is 132 Å². The molecule has 0 bridgehead atoms. The molecule has 3 rings (SSSR count). The lowest BCUT2D eigenvalue weighted by Crippen LogP contribution is -2.63. The standard InChI is InChI=1S/C17H14N2O4/c1-18-14-10-6-5-9-13(14)15(20)17(16(18)21,19(22)23)11-12-7-3-2-4-8-12/h2-10H,11H2,1H3/t17-/m0/s1. The molecule has 2 aromatic rings. The van der Waals surface area contributed by atoms with Gasteiger partial charge in [-0.1, -0.05) is 42.5 Å². The molecule has 0 aliphatic carbocycles. The van der Waals surface area contributed by atoms with Crippen LogP contribution in [0.3, 0.4) is 0 Å². The molecule has 0 spiro atoms. The molecule has 0 unspecified atom stereocenters. The van der Waals surface area contributed by atoms with Crippen molar-refractivity contribution >= 4 is 17.4 Å². The van der Waals surface area contributed by atoms with E-state index >= 15 is 0 Å². The zero-order chi connectivity index (χ0) is 16.6. The van der Waals surface area contributed by atoms with Crippen LogP contribution in [0.15, 0.2) is 54.6 Å². The number of nitrogens with zero attached hydrogens (tertiary/aromatic N) is 2. The van der Waals surface area contributed by atoms with Crippen molar-refractivity contribution in [2.24, 2.45) is 0 Å². The molecule has 1 amide bonds. The van der Waals surface area contributed by atoms with Gasteiger partial charge in [0.2, 0.25) is 0 Å². The van der Waals surface area contributed by atoms with Gasteiger partial charge in [0.1, 0.15) is 0 Å². The second-order valence-electron chi connectivity index (χ2n) is 5.49. The third-order valence-electron chi connectivity index (χ3n) is 4.16. The number of fused-ring (bicyclic) bond motifs is 1. The van der Waals surface area contributed by atoms with Crippen molar-refractivity contribution in [2.75, 3.05) is 11.9 Å². The smallest absolute Gasteiger partial charge is 0.308 e. The number of amides is 1. The van der Waals surface area contributed by atoms with Gasteiger partial charge in [0, 0.05) is 17.5 Å². The highest BCUT2D eigenvalue weighted by Crippen LogP contribution is 2.35. The van der Waals surface area contributed by atoms with Crippen LogP contribution in [0.25, 0.3) is 0 Å². The molecular weight excluding hydrogens is 296 g/mol. The molecule has 0 saturated carbocycles. The second-order valence-corrected chi connectivity index (χ2v) is 5.49. The van der Waals surface area contributed by atoms with E-state index < -0.39 is 22.2 Å². The average molecular weight is 310 g/mol.